The Hall–Kier alpha value is -2.11. The van der Waals surface area contributed by atoms with Gasteiger partial charge in [0.2, 0.25) is 0 Å². The molecule has 0 aliphatic carbocycles. The first kappa shape index (κ1) is 19.6. The van der Waals surface area contributed by atoms with E-state index in [1.807, 2.05) is 6.92 Å². The van der Waals surface area contributed by atoms with E-state index in [4.69, 9.17) is 0 Å². The maximum absolute atomic E-state index is 9.64. The van der Waals surface area contributed by atoms with E-state index in [9.17, 15) is 10.2 Å². The van der Waals surface area contributed by atoms with Crippen LogP contribution in [-0.4, -0.2) is 33.5 Å². The van der Waals surface area contributed by atoms with E-state index in [0.717, 1.165) is 0 Å². The summed E-state index contributed by atoms with van der Waals surface area (Å²) in [7, 11) is 2.06. The molecule has 4 rings (SSSR count). The molecule has 0 fully saturated rings. The second-order valence-corrected chi connectivity index (χ2v) is 7.33. The maximum Gasteiger partial charge on any atom is 0.0633 e. The third kappa shape index (κ3) is 3.30. The summed E-state index contributed by atoms with van der Waals surface area (Å²) in [5.41, 5.74) is 1.68. The summed E-state index contributed by atoms with van der Waals surface area (Å²) in [6, 6.07) is 17.1. The number of aliphatic hydroxyl groups is 2. The smallest absolute Gasteiger partial charge is 0.0633 e. The second kappa shape index (κ2) is 7.49. The molecule has 4 nitrogen and oxygen atoms in total. The zero-order valence-electron chi connectivity index (χ0n) is 15.6. The number of nitrogens with one attached hydrogen (secondary N) is 1. The normalized spacial score (nSPS) is 12.0. The van der Waals surface area contributed by atoms with Crippen LogP contribution in [0.2, 0.25) is 0 Å². The van der Waals surface area contributed by atoms with Crippen LogP contribution in [0.5, 0.6) is 0 Å². The number of benzene rings is 3. The van der Waals surface area contributed by atoms with E-state index in [2.05, 4.69) is 71.7 Å². The minimum absolute atomic E-state index is 0. The second-order valence-electron chi connectivity index (χ2n) is 7.33. The average molecular weight is 385 g/mol. The van der Waals surface area contributed by atoms with Crippen molar-refractivity contribution in [1.82, 2.24) is 9.88 Å². The van der Waals surface area contributed by atoms with Crippen LogP contribution < -0.4 is 5.32 Å². The van der Waals surface area contributed by atoms with E-state index < -0.39 is 5.54 Å². The molecule has 27 heavy (non-hydrogen) atoms. The minimum Gasteiger partial charge on any atom is -0.394 e. The lowest BCUT2D eigenvalue weighted by molar-refractivity contribution is 0.103. The summed E-state index contributed by atoms with van der Waals surface area (Å²) in [6.07, 6.45) is 2.09. The lowest BCUT2D eigenvalue weighted by Gasteiger charge is -2.27. The van der Waals surface area contributed by atoms with Crippen molar-refractivity contribution < 1.29 is 10.2 Å². The molecule has 0 bridgehead atoms. The van der Waals surface area contributed by atoms with Gasteiger partial charge >= 0.3 is 0 Å². The Morgan fingerprint density at radius 3 is 2.44 bits per heavy atom. The van der Waals surface area contributed by atoms with Crippen molar-refractivity contribution in [1.29, 1.82) is 0 Å². The minimum atomic E-state index is -0.714. The lowest BCUT2D eigenvalue weighted by atomic mass is 9.93. The van der Waals surface area contributed by atoms with Crippen molar-refractivity contribution in [2.24, 2.45) is 7.05 Å². The average Bonchev–Trinajstić information content (AvgIpc) is 3.06. The van der Waals surface area contributed by atoms with Crippen LogP contribution in [0.1, 0.15) is 12.5 Å². The summed E-state index contributed by atoms with van der Waals surface area (Å²) in [6.45, 7) is 2.17. The first-order valence-electron chi connectivity index (χ1n) is 8.91. The fourth-order valence-electron chi connectivity index (χ4n) is 3.67. The van der Waals surface area contributed by atoms with Gasteiger partial charge in [0.05, 0.1) is 18.8 Å². The van der Waals surface area contributed by atoms with Gasteiger partial charge in [0.25, 0.3) is 0 Å². The van der Waals surface area contributed by atoms with Gasteiger partial charge < -0.3 is 20.1 Å². The SMILES string of the molecule is Cl.Cn1ccc2c3c(CNC(C)(CO)CO)c4ccccc4cc3ccc21. The highest BCUT2D eigenvalue weighted by Crippen LogP contribution is 2.34. The van der Waals surface area contributed by atoms with Crippen LogP contribution in [0.4, 0.5) is 0 Å². The Morgan fingerprint density at radius 2 is 1.70 bits per heavy atom. The molecule has 0 saturated heterocycles. The fourth-order valence-corrected chi connectivity index (χ4v) is 3.67. The van der Waals surface area contributed by atoms with Crippen LogP contribution in [0.15, 0.2) is 54.7 Å². The lowest BCUT2D eigenvalue weighted by Crippen LogP contribution is -2.48. The molecule has 0 aliphatic rings. The molecule has 0 unspecified atom stereocenters. The Labute approximate surface area is 164 Å². The first-order valence-corrected chi connectivity index (χ1v) is 8.91. The molecule has 1 heterocycles. The third-order valence-electron chi connectivity index (χ3n) is 5.39. The summed E-state index contributed by atoms with van der Waals surface area (Å²) >= 11 is 0. The Balaban J connectivity index is 0.00000210. The van der Waals surface area contributed by atoms with Gasteiger partial charge in [-0.2, -0.15) is 0 Å². The number of hydrogen-bond acceptors (Lipinski definition) is 3. The van der Waals surface area contributed by atoms with Gasteiger partial charge in [-0.15, -0.1) is 12.4 Å². The highest BCUT2D eigenvalue weighted by molar-refractivity contribution is 6.14. The van der Waals surface area contributed by atoms with Crippen molar-refractivity contribution >= 4 is 44.9 Å². The molecule has 0 aliphatic heterocycles. The summed E-state index contributed by atoms with van der Waals surface area (Å²) in [5, 5.41) is 28.7. The first-order chi connectivity index (χ1) is 12.6. The molecule has 5 heteroatoms. The number of rotatable bonds is 5. The number of fused-ring (bicyclic) bond motifs is 4. The van der Waals surface area contributed by atoms with Crippen molar-refractivity contribution in [3.63, 3.8) is 0 Å². The highest BCUT2D eigenvalue weighted by Gasteiger charge is 2.22. The third-order valence-corrected chi connectivity index (χ3v) is 5.39. The zero-order chi connectivity index (χ0) is 18.3. The quantitative estimate of drug-likeness (QED) is 0.459. The van der Waals surface area contributed by atoms with Crippen LogP contribution in [0.3, 0.4) is 0 Å². The van der Waals surface area contributed by atoms with Crippen LogP contribution in [-0.2, 0) is 13.6 Å². The molecule has 0 radical (unpaired) electrons. The summed E-state index contributed by atoms with van der Waals surface area (Å²) < 4.78 is 2.13. The van der Waals surface area contributed by atoms with E-state index in [0.29, 0.717) is 6.54 Å². The van der Waals surface area contributed by atoms with Gasteiger partial charge in [0.1, 0.15) is 0 Å². The molecular weight excluding hydrogens is 360 g/mol. The van der Waals surface area contributed by atoms with E-state index in [1.54, 1.807) is 0 Å². The summed E-state index contributed by atoms with van der Waals surface area (Å²) in [5.74, 6) is 0. The molecular formula is C22H25ClN2O2. The summed E-state index contributed by atoms with van der Waals surface area (Å²) in [4.78, 5) is 0. The number of aliphatic hydroxyl groups excluding tert-OH is 2. The monoisotopic (exact) mass is 384 g/mol. The van der Waals surface area contributed by atoms with Gasteiger partial charge in [-0.1, -0.05) is 30.3 Å². The highest BCUT2D eigenvalue weighted by atomic mass is 35.5. The van der Waals surface area contributed by atoms with Gasteiger partial charge in [-0.25, -0.2) is 0 Å². The maximum atomic E-state index is 9.64. The fraction of sp³-hybridized carbons (Fsp3) is 0.273. The number of hydrogen-bond donors (Lipinski definition) is 3. The molecule has 0 saturated carbocycles. The van der Waals surface area contributed by atoms with Crippen LogP contribution in [0.25, 0.3) is 32.4 Å². The Bertz CT molecular complexity index is 1100. The zero-order valence-corrected chi connectivity index (χ0v) is 16.4. The molecule has 1 aromatic heterocycles. The van der Waals surface area contributed by atoms with Crippen molar-refractivity contribution in [3.8, 4) is 0 Å². The van der Waals surface area contributed by atoms with Gasteiger partial charge in [-0.3, -0.25) is 0 Å². The number of aryl methyl sites for hydroxylation is 1. The van der Waals surface area contributed by atoms with E-state index in [-0.39, 0.29) is 25.6 Å². The van der Waals surface area contributed by atoms with E-state index in [1.165, 1.54) is 38.0 Å². The predicted octanol–water partition coefficient (Wildman–Crippen LogP) is 3.74. The molecule has 0 atom stereocenters. The van der Waals surface area contributed by atoms with Gasteiger partial charge in [0.15, 0.2) is 0 Å². The topological polar surface area (TPSA) is 57.4 Å². The largest absolute Gasteiger partial charge is 0.394 e. The van der Waals surface area contributed by atoms with Crippen molar-refractivity contribution in [2.75, 3.05) is 13.2 Å². The number of aromatic nitrogens is 1. The van der Waals surface area contributed by atoms with E-state index >= 15 is 0 Å². The van der Waals surface area contributed by atoms with Crippen molar-refractivity contribution in [2.45, 2.75) is 19.0 Å². The number of halogens is 1. The van der Waals surface area contributed by atoms with Crippen molar-refractivity contribution in [3.05, 3.63) is 60.3 Å². The molecule has 3 N–H and O–H groups in total. The van der Waals surface area contributed by atoms with Gasteiger partial charge in [0, 0.05) is 30.7 Å². The predicted molar refractivity (Wildman–Crippen MR) is 115 cm³/mol. The van der Waals surface area contributed by atoms with Crippen LogP contribution >= 0.6 is 12.4 Å². The molecule has 4 aromatic rings. The molecule has 0 spiro atoms. The standard InChI is InChI=1S/C22H24N2O2.ClH/c1-22(13-25,14-26)23-12-19-17-6-4-3-5-15(17)11-16-7-8-20-18(21(16)19)9-10-24(20)2;/h3-11,23,25-26H,12-14H2,1-2H3;1H. The molecule has 142 valence electrons. The molecule has 0 amide bonds. The van der Waals surface area contributed by atoms with Crippen LogP contribution in [0, 0.1) is 0 Å². The Kier molecular flexibility index (Phi) is 5.45. The Morgan fingerprint density at radius 1 is 0.963 bits per heavy atom. The number of nitrogens with zero attached hydrogens (tertiary/aromatic N) is 1. The van der Waals surface area contributed by atoms with Gasteiger partial charge in [-0.05, 0) is 52.2 Å². The molecule has 3 aromatic carbocycles.